The fourth-order valence-corrected chi connectivity index (χ4v) is 2.92. The van der Waals surface area contributed by atoms with E-state index in [2.05, 4.69) is 38.0 Å². The molecule has 2 heterocycles. The number of nitrogens with zero attached hydrogens (tertiary/aromatic N) is 2. The molecule has 0 aromatic carbocycles. The van der Waals surface area contributed by atoms with Crippen molar-refractivity contribution >= 4 is 22.3 Å². The fraction of sp³-hybridized carbons (Fsp3) is 0.583. The van der Waals surface area contributed by atoms with Gasteiger partial charge in [0.05, 0.1) is 5.00 Å². The average molecular weight is 252 g/mol. The minimum atomic E-state index is 0.539. The first-order chi connectivity index (χ1) is 8.33. The van der Waals surface area contributed by atoms with Crippen LogP contribution >= 0.6 is 11.3 Å². The Kier molecular flexibility index (Phi) is 4.25. The summed E-state index contributed by atoms with van der Waals surface area (Å²) in [6, 6.07) is 4.86. The summed E-state index contributed by atoms with van der Waals surface area (Å²) >= 11 is 1.82. The number of hydrogen-bond donors (Lipinski definition) is 2. The van der Waals surface area contributed by atoms with Gasteiger partial charge >= 0.3 is 0 Å². The monoisotopic (exact) mass is 252 g/mol. The van der Waals surface area contributed by atoms with Gasteiger partial charge in [-0.15, -0.1) is 11.3 Å². The first-order valence-electron chi connectivity index (χ1n) is 6.03. The van der Waals surface area contributed by atoms with Crippen LogP contribution in [0.2, 0.25) is 0 Å². The highest BCUT2D eigenvalue weighted by molar-refractivity contribution is 7.14. The van der Waals surface area contributed by atoms with Crippen LogP contribution in [-0.4, -0.2) is 39.2 Å². The molecule has 0 bridgehead atoms. The molecule has 0 unspecified atom stereocenters. The molecule has 0 amide bonds. The van der Waals surface area contributed by atoms with Crippen molar-refractivity contribution in [1.82, 2.24) is 10.6 Å². The number of guanidine groups is 1. The Morgan fingerprint density at radius 1 is 1.47 bits per heavy atom. The summed E-state index contributed by atoms with van der Waals surface area (Å²) in [5.74, 6) is 0.888. The van der Waals surface area contributed by atoms with Gasteiger partial charge in [0, 0.05) is 33.2 Å². The Balaban J connectivity index is 1.82. The van der Waals surface area contributed by atoms with E-state index in [4.69, 9.17) is 0 Å². The number of piperidine rings is 1. The molecule has 4 nitrogen and oxygen atoms in total. The van der Waals surface area contributed by atoms with E-state index >= 15 is 0 Å². The largest absolute Gasteiger partial charge is 0.363 e. The van der Waals surface area contributed by atoms with Gasteiger partial charge in [-0.05, 0) is 30.4 Å². The quantitative estimate of drug-likeness (QED) is 0.619. The van der Waals surface area contributed by atoms with Gasteiger partial charge < -0.3 is 15.5 Å². The predicted molar refractivity (Wildman–Crippen MR) is 75.1 cm³/mol. The van der Waals surface area contributed by atoms with Crippen LogP contribution in [0.3, 0.4) is 0 Å². The smallest absolute Gasteiger partial charge is 0.190 e. The highest BCUT2D eigenvalue weighted by atomic mass is 32.1. The Bertz CT molecular complexity index is 353. The summed E-state index contributed by atoms with van der Waals surface area (Å²) in [6.07, 6.45) is 2.33. The molecule has 1 aromatic rings. The third kappa shape index (κ3) is 3.12. The van der Waals surface area contributed by atoms with Gasteiger partial charge in [0.2, 0.25) is 0 Å². The molecule has 17 heavy (non-hydrogen) atoms. The van der Waals surface area contributed by atoms with Crippen LogP contribution in [0.15, 0.2) is 22.5 Å². The van der Waals surface area contributed by atoms with Crippen LogP contribution in [0, 0.1) is 0 Å². The Morgan fingerprint density at radius 2 is 2.24 bits per heavy atom. The zero-order chi connectivity index (χ0) is 12.1. The van der Waals surface area contributed by atoms with Crippen molar-refractivity contribution in [1.29, 1.82) is 0 Å². The van der Waals surface area contributed by atoms with Gasteiger partial charge in [-0.25, -0.2) is 0 Å². The molecule has 1 aliphatic heterocycles. The van der Waals surface area contributed by atoms with E-state index in [1.807, 2.05) is 18.4 Å². The molecule has 5 heteroatoms. The molecular formula is C12H20N4S. The van der Waals surface area contributed by atoms with Gasteiger partial charge in [-0.2, -0.15) is 0 Å². The highest BCUT2D eigenvalue weighted by Gasteiger charge is 2.20. The topological polar surface area (TPSA) is 39.7 Å². The predicted octanol–water partition coefficient (Wildman–Crippen LogP) is 1.51. The maximum Gasteiger partial charge on any atom is 0.190 e. The molecule has 0 saturated carbocycles. The van der Waals surface area contributed by atoms with Crippen LogP contribution < -0.4 is 15.5 Å². The lowest BCUT2D eigenvalue weighted by molar-refractivity contribution is 0.464. The van der Waals surface area contributed by atoms with Crippen LogP contribution in [0.4, 0.5) is 5.00 Å². The number of thiophene rings is 1. The van der Waals surface area contributed by atoms with Gasteiger partial charge in [0.1, 0.15) is 0 Å². The van der Waals surface area contributed by atoms with E-state index in [1.54, 1.807) is 7.05 Å². The molecule has 2 N–H and O–H groups in total. The molecule has 94 valence electrons. The molecule has 1 fully saturated rings. The van der Waals surface area contributed by atoms with Crippen molar-refractivity contribution in [3.63, 3.8) is 0 Å². The summed E-state index contributed by atoms with van der Waals surface area (Å²) in [7, 11) is 3.70. The van der Waals surface area contributed by atoms with Crippen molar-refractivity contribution in [2.24, 2.45) is 4.99 Å². The average Bonchev–Trinajstić information content (AvgIpc) is 2.90. The normalized spacial score (nSPS) is 18.2. The molecule has 1 saturated heterocycles. The summed E-state index contributed by atoms with van der Waals surface area (Å²) in [6.45, 7) is 2.25. The van der Waals surface area contributed by atoms with E-state index < -0.39 is 0 Å². The van der Waals surface area contributed by atoms with Gasteiger partial charge in [0.15, 0.2) is 5.96 Å². The van der Waals surface area contributed by atoms with Gasteiger partial charge in [0.25, 0.3) is 0 Å². The summed E-state index contributed by atoms with van der Waals surface area (Å²) in [5.41, 5.74) is 0. The second-order valence-corrected chi connectivity index (χ2v) is 5.11. The Labute approximate surface area is 107 Å². The van der Waals surface area contributed by atoms with Crippen LogP contribution in [0.25, 0.3) is 0 Å². The van der Waals surface area contributed by atoms with Crippen molar-refractivity contribution in [2.75, 3.05) is 32.1 Å². The molecule has 1 aromatic heterocycles. The second-order valence-electron chi connectivity index (χ2n) is 4.18. The molecule has 2 rings (SSSR count). The van der Waals surface area contributed by atoms with Gasteiger partial charge in [-0.3, -0.25) is 4.99 Å². The van der Waals surface area contributed by atoms with Crippen molar-refractivity contribution < 1.29 is 0 Å². The number of nitrogens with one attached hydrogen (secondary N) is 2. The Hall–Kier alpha value is -1.23. The van der Waals surface area contributed by atoms with Crippen molar-refractivity contribution in [3.05, 3.63) is 17.5 Å². The van der Waals surface area contributed by atoms with Crippen LogP contribution in [0.5, 0.6) is 0 Å². The molecular weight excluding hydrogens is 232 g/mol. The van der Waals surface area contributed by atoms with Gasteiger partial charge in [-0.1, -0.05) is 0 Å². The molecule has 1 aliphatic rings. The Morgan fingerprint density at radius 3 is 2.76 bits per heavy atom. The maximum absolute atomic E-state index is 4.15. The van der Waals surface area contributed by atoms with Crippen LogP contribution in [-0.2, 0) is 0 Å². The third-order valence-corrected chi connectivity index (χ3v) is 4.04. The van der Waals surface area contributed by atoms with Crippen molar-refractivity contribution in [3.8, 4) is 0 Å². The zero-order valence-corrected chi connectivity index (χ0v) is 11.3. The number of aliphatic imine (C=N–C) groups is 1. The maximum atomic E-state index is 4.15. The minimum absolute atomic E-state index is 0.539. The standard InChI is InChI=1S/C12H20N4S/c1-13-12(14-2)15-10-5-7-16(8-6-10)11-4-3-9-17-11/h3-4,9-10H,5-8H2,1-2H3,(H2,13,14,15). The minimum Gasteiger partial charge on any atom is -0.363 e. The second kappa shape index (κ2) is 5.91. The zero-order valence-electron chi connectivity index (χ0n) is 10.4. The SMILES string of the molecule is CN=C(NC)NC1CCN(c2cccs2)CC1. The number of hydrogen-bond acceptors (Lipinski definition) is 3. The van der Waals surface area contributed by atoms with E-state index in [0.717, 1.165) is 19.0 Å². The van der Waals surface area contributed by atoms with E-state index in [-0.39, 0.29) is 0 Å². The fourth-order valence-electron chi connectivity index (χ4n) is 2.14. The molecule has 0 aliphatic carbocycles. The summed E-state index contributed by atoms with van der Waals surface area (Å²) in [5, 5.41) is 10.0. The summed E-state index contributed by atoms with van der Waals surface area (Å²) < 4.78 is 0. The molecule has 0 atom stereocenters. The van der Waals surface area contributed by atoms with E-state index in [1.165, 1.54) is 17.8 Å². The third-order valence-electron chi connectivity index (χ3n) is 3.11. The lowest BCUT2D eigenvalue weighted by Crippen LogP contribution is -2.47. The number of anilines is 1. The van der Waals surface area contributed by atoms with E-state index in [0.29, 0.717) is 6.04 Å². The number of rotatable bonds is 2. The lowest BCUT2D eigenvalue weighted by atomic mass is 10.1. The first-order valence-corrected chi connectivity index (χ1v) is 6.91. The van der Waals surface area contributed by atoms with Crippen LogP contribution in [0.1, 0.15) is 12.8 Å². The molecule has 0 radical (unpaired) electrons. The van der Waals surface area contributed by atoms with E-state index in [9.17, 15) is 0 Å². The lowest BCUT2D eigenvalue weighted by Gasteiger charge is -2.33. The molecule has 0 spiro atoms. The summed E-state index contributed by atoms with van der Waals surface area (Å²) in [4.78, 5) is 6.62. The first kappa shape index (κ1) is 12.2. The highest BCUT2D eigenvalue weighted by Crippen LogP contribution is 2.24. The van der Waals surface area contributed by atoms with Crippen molar-refractivity contribution in [2.45, 2.75) is 18.9 Å².